The molecule has 0 aliphatic heterocycles. The molecule has 0 heterocycles. The summed E-state index contributed by atoms with van der Waals surface area (Å²) in [7, 11) is 0. The van der Waals surface area contributed by atoms with Gasteiger partial charge in [0.1, 0.15) is 18.2 Å². The van der Waals surface area contributed by atoms with Crippen LogP contribution in [0.1, 0.15) is 21.5 Å². The molecule has 0 radical (unpaired) electrons. The third kappa shape index (κ3) is 3.08. The Morgan fingerprint density at radius 2 is 2.10 bits per heavy atom. The topological polar surface area (TPSA) is 46.5 Å². The SMILES string of the molecule is Cc1ccc(C(=O)O)cc1OCc1cccc(F)c1Cl. The molecular formula is C15H12ClFO3. The molecule has 0 atom stereocenters. The standard InChI is InChI=1S/C15H12ClFO3/c1-9-5-6-10(15(18)19)7-13(9)20-8-11-3-2-4-12(17)14(11)16/h2-7H,8H2,1H3,(H,18,19). The molecule has 104 valence electrons. The van der Waals surface area contributed by atoms with Gasteiger partial charge in [-0.25, -0.2) is 9.18 Å². The number of halogens is 2. The molecule has 0 fully saturated rings. The van der Waals surface area contributed by atoms with E-state index in [0.717, 1.165) is 5.56 Å². The normalized spacial score (nSPS) is 10.3. The van der Waals surface area contributed by atoms with E-state index in [9.17, 15) is 9.18 Å². The molecule has 0 bridgehead atoms. The third-order valence-corrected chi connectivity index (χ3v) is 3.27. The van der Waals surface area contributed by atoms with Gasteiger partial charge in [-0.3, -0.25) is 0 Å². The first-order valence-corrected chi connectivity index (χ1v) is 6.26. The molecule has 5 heteroatoms. The minimum absolute atomic E-state index is 0.0135. The highest BCUT2D eigenvalue weighted by Gasteiger charge is 2.09. The number of hydrogen-bond donors (Lipinski definition) is 1. The first-order chi connectivity index (χ1) is 9.49. The van der Waals surface area contributed by atoms with E-state index in [1.807, 2.05) is 0 Å². The van der Waals surface area contributed by atoms with E-state index in [-0.39, 0.29) is 17.2 Å². The lowest BCUT2D eigenvalue weighted by atomic mass is 10.1. The summed E-state index contributed by atoms with van der Waals surface area (Å²) in [5, 5.41) is 8.95. The van der Waals surface area contributed by atoms with Crippen LogP contribution in [-0.2, 0) is 6.61 Å². The van der Waals surface area contributed by atoms with Crippen LogP contribution in [0.2, 0.25) is 5.02 Å². The fourth-order valence-electron chi connectivity index (χ4n) is 1.70. The summed E-state index contributed by atoms with van der Waals surface area (Å²) in [6.45, 7) is 1.87. The van der Waals surface area contributed by atoms with Gasteiger partial charge in [-0.1, -0.05) is 29.8 Å². The van der Waals surface area contributed by atoms with Crippen molar-refractivity contribution in [2.75, 3.05) is 0 Å². The molecule has 20 heavy (non-hydrogen) atoms. The number of carbonyl (C=O) groups is 1. The van der Waals surface area contributed by atoms with E-state index in [4.69, 9.17) is 21.4 Å². The first kappa shape index (κ1) is 14.3. The Balaban J connectivity index is 2.20. The molecule has 0 amide bonds. The van der Waals surface area contributed by atoms with Crippen LogP contribution in [0, 0.1) is 12.7 Å². The number of benzene rings is 2. The maximum atomic E-state index is 13.3. The van der Waals surface area contributed by atoms with Crippen LogP contribution in [0.5, 0.6) is 5.75 Å². The zero-order valence-corrected chi connectivity index (χ0v) is 11.4. The van der Waals surface area contributed by atoms with Crippen molar-refractivity contribution < 1.29 is 19.0 Å². The second-order valence-corrected chi connectivity index (χ2v) is 4.67. The quantitative estimate of drug-likeness (QED) is 0.925. The average molecular weight is 295 g/mol. The van der Waals surface area contributed by atoms with Gasteiger partial charge in [0.15, 0.2) is 0 Å². The summed E-state index contributed by atoms with van der Waals surface area (Å²) in [4.78, 5) is 10.9. The summed E-state index contributed by atoms with van der Waals surface area (Å²) in [5.41, 5.74) is 1.44. The van der Waals surface area contributed by atoms with Crippen LogP contribution in [0.15, 0.2) is 36.4 Å². The van der Waals surface area contributed by atoms with Crippen molar-refractivity contribution in [1.29, 1.82) is 0 Å². The van der Waals surface area contributed by atoms with Gasteiger partial charge < -0.3 is 9.84 Å². The van der Waals surface area contributed by atoms with Crippen molar-refractivity contribution in [3.05, 3.63) is 63.9 Å². The number of aryl methyl sites for hydroxylation is 1. The van der Waals surface area contributed by atoms with E-state index < -0.39 is 11.8 Å². The van der Waals surface area contributed by atoms with Gasteiger partial charge in [0.05, 0.1) is 10.6 Å². The van der Waals surface area contributed by atoms with Gasteiger partial charge in [0.25, 0.3) is 0 Å². The molecule has 3 nitrogen and oxygen atoms in total. The zero-order valence-electron chi connectivity index (χ0n) is 10.7. The van der Waals surface area contributed by atoms with Crippen molar-refractivity contribution in [2.45, 2.75) is 13.5 Å². The van der Waals surface area contributed by atoms with E-state index in [2.05, 4.69) is 0 Å². The lowest BCUT2D eigenvalue weighted by Crippen LogP contribution is -2.02. The number of ether oxygens (including phenoxy) is 1. The van der Waals surface area contributed by atoms with Crippen LogP contribution < -0.4 is 4.74 Å². The predicted molar refractivity (Wildman–Crippen MR) is 73.9 cm³/mol. The molecular weight excluding hydrogens is 283 g/mol. The molecule has 0 aliphatic carbocycles. The zero-order chi connectivity index (χ0) is 14.7. The lowest BCUT2D eigenvalue weighted by Gasteiger charge is -2.11. The minimum Gasteiger partial charge on any atom is -0.489 e. The van der Waals surface area contributed by atoms with Gasteiger partial charge in [-0.05, 0) is 30.7 Å². The highest BCUT2D eigenvalue weighted by atomic mass is 35.5. The third-order valence-electron chi connectivity index (χ3n) is 2.85. The lowest BCUT2D eigenvalue weighted by molar-refractivity contribution is 0.0696. The summed E-state index contributed by atoms with van der Waals surface area (Å²) in [5.74, 6) is -1.10. The highest BCUT2D eigenvalue weighted by Crippen LogP contribution is 2.24. The predicted octanol–water partition coefficient (Wildman–Crippen LogP) is 4.06. The van der Waals surface area contributed by atoms with Crippen LogP contribution in [0.4, 0.5) is 4.39 Å². The minimum atomic E-state index is -1.03. The molecule has 2 aromatic carbocycles. The molecule has 0 aliphatic rings. The molecule has 0 unspecified atom stereocenters. The number of rotatable bonds is 4. The van der Waals surface area contributed by atoms with Crippen LogP contribution in [-0.4, -0.2) is 11.1 Å². The largest absolute Gasteiger partial charge is 0.489 e. The molecule has 0 saturated heterocycles. The summed E-state index contributed by atoms with van der Waals surface area (Å²) in [6, 6.07) is 9.06. The Labute approximate surface area is 120 Å². The van der Waals surface area contributed by atoms with Crippen molar-refractivity contribution in [1.82, 2.24) is 0 Å². The molecule has 0 saturated carbocycles. The van der Waals surface area contributed by atoms with Gasteiger partial charge >= 0.3 is 5.97 Å². The second kappa shape index (κ2) is 5.92. The Morgan fingerprint density at radius 1 is 1.35 bits per heavy atom. The fourth-order valence-corrected chi connectivity index (χ4v) is 1.88. The Kier molecular flexibility index (Phi) is 4.25. The van der Waals surface area contributed by atoms with E-state index in [0.29, 0.717) is 11.3 Å². The Bertz CT molecular complexity index is 656. The van der Waals surface area contributed by atoms with Gasteiger partial charge in [0, 0.05) is 5.56 Å². The maximum absolute atomic E-state index is 13.3. The van der Waals surface area contributed by atoms with Crippen molar-refractivity contribution in [2.24, 2.45) is 0 Å². The smallest absolute Gasteiger partial charge is 0.335 e. The number of aromatic carboxylic acids is 1. The summed E-state index contributed by atoms with van der Waals surface area (Å²) < 4.78 is 18.8. The van der Waals surface area contributed by atoms with Crippen LogP contribution in [0.25, 0.3) is 0 Å². The van der Waals surface area contributed by atoms with Gasteiger partial charge in [-0.2, -0.15) is 0 Å². The second-order valence-electron chi connectivity index (χ2n) is 4.29. The molecule has 0 spiro atoms. The van der Waals surface area contributed by atoms with Gasteiger partial charge in [-0.15, -0.1) is 0 Å². The number of hydrogen-bond acceptors (Lipinski definition) is 2. The highest BCUT2D eigenvalue weighted by molar-refractivity contribution is 6.31. The Morgan fingerprint density at radius 3 is 2.80 bits per heavy atom. The summed E-state index contributed by atoms with van der Waals surface area (Å²) >= 11 is 5.83. The maximum Gasteiger partial charge on any atom is 0.335 e. The first-order valence-electron chi connectivity index (χ1n) is 5.88. The summed E-state index contributed by atoms with van der Waals surface area (Å²) in [6.07, 6.45) is 0. The molecule has 1 N–H and O–H groups in total. The van der Waals surface area contributed by atoms with E-state index in [1.165, 1.54) is 18.2 Å². The molecule has 0 aromatic heterocycles. The van der Waals surface area contributed by atoms with Gasteiger partial charge in [0.2, 0.25) is 0 Å². The number of carboxylic acids is 1. The van der Waals surface area contributed by atoms with Crippen LogP contribution in [0.3, 0.4) is 0 Å². The number of carboxylic acid groups (broad SMARTS) is 1. The monoisotopic (exact) mass is 294 g/mol. The van der Waals surface area contributed by atoms with Crippen molar-refractivity contribution in [3.8, 4) is 5.75 Å². The van der Waals surface area contributed by atoms with E-state index >= 15 is 0 Å². The van der Waals surface area contributed by atoms with Crippen molar-refractivity contribution in [3.63, 3.8) is 0 Å². The van der Waals surface area contributed by atoms with E-state index in [1.54, 1.807) is 25.1 Å². The van der Waals surface area contributed by atoms with Crippen molar-refractivity contribution >= 4 is 17.6 Å². The molecule has 2 aromatic rings. The fraction of sp³-hybridized carbons (Fsp3) is 0.133. The van der Waals surface area contributed by atoms with Crippen LogP contribution >= 0.6 is 11.6 Å². The molecule has 2 rings (SSSR count). The Hall–Kier alpha value is -2.07. The average Bonchev–Trinajstić information content (AvgIpc) is 2.41.